The molecular formula is C23H25N3O3. The molecule has 4 rings (SSSR count). The Morgan fingerprint density at radius 2 is 1.86 bits per heavy atom. The number of hydrogen-bond donors (Lipinski definition) is 0. The summed E-state index contributed by atoms with van der Waals surface area (Å²) in [6, 6.07) is 15.4. The van der Waals surface area contributed by atoms with Gasteiger partial charge in [-0.25, -0.2) is 4.68 Å². The van der Waals surface area contributed by atoms with E-state index in [4.69, 9.17) is 9.47 Å². The topological polar surface area (TPSA) is 56.6 Å². The fourth-order valence-corrected chi connectivity index (χ4v) is 3.98. The first-order valence-corrected chi connectivity index (χ1v) is 9.76. The number of hydrogen-bond acceptors (Lipinski definition) is 4. The summed E-state index contributed by atoms with van der Waals surface area (Å²) < 4.78 is 12.7. The quantitative estimate of drug-likeness (QED) is 0.655. The number of carbonyl (C=O) groups is 1. The molecule has 0 N–H and O–H groups in total. The fourth-order valence-electron chi connectivity index (χ4n) is 3.98. The highest BCUT2D eigenvalue weighted by molar-refractivity contribution is 5.95. The van der Waals surface area contributed by atoms with Crippen LogP contribution < -0.4 is 9.47 Å². The number of aromatic nitrogens is 2. The Morgan fingerprint density at radius 1 is 1.07 bits per heavy atom. The smallest absolute Gasteiger partial charge is 0.254 e. The third-order valence-corrected chi connectivity index (χ3v) is 5.50. The summed E-state index contributed by atoms with van der Waals surface area (Å²) in [7, 11) is 3.28. The van der Waals surface area contributed by atoms with Crippen LogP contribution in [0.15, 0.2) is 54.7 Å². The van der Waals surface area contributed by atoms with Crippen LogP contribution in [-0.4, -0.2) is 41.4 Å². The van der Waals surface area contributed by atoms with E-state index in [0.29, 0.717) is 5.56 Å². The third kappa shape index (κ3) is 3.58. The van der Waals surface area contributed by atoms with Gasteiger partial charge in [0, 0.05) is 35.6 Å². The summed E-state index contributed by atoms with van der Waals surface area (Å²) >= 11 is 0. The Hall–Kier alpha value is -3.28. The second kappa shape index (κ2) is 7.99. The first-order chi connectivity index (χ1) is 14.1. The maximum atomic E-state index is 13.3. The van der Waals surface area contributed by atoms with E-state index in [2.05, 4.69) is 5.10 Å². The Kier molecular flexibility index (Phi) is 5.25. The van der Waals surface area contributed by atoms with E-state index >= 15 is 0 Å². The van der Waals surface area contributed by atoms with Crippen molar-refractivity contribution in [3.05, 3.63) is 71.5 Å². The number of amides is 1. The van der Waals surface area contributed by atoms with E-state index in [0.717, 1.165) is 47.8 Å². The highest BCUT2D eigenvalue weighted by Crippen LogP contribution is 2.39. The van der Waals surface area contributed by atoms with Crippen LogP contribution in [0.2, 0.25) is 0 Å². The lowest BCUT2D eigenvalue weighted by Gasteiger charge is -2.26. The van der Waals surface area contributed by atoms with Gasteiger partial charge in [0.1, 0.15) is 11.5 Å². The van der Waals surface area contributed by atoms with Crippen LogP contribution in [0, 0.1) is 6.92 Å². The maximum absolute atomic E-state index is 13.3. The van der Waals surface area contributed by atoms with Gasteiger partial charge in [0.15, 0.2) is 0 Å². The number of rotatable bonds is 5. The molecule has 0 aliphatic carbocycles. The zero-order chi connectivity index (χ0) is 20.4. The van der Waals surface area contributed by atoms with E-state index in [9.17, 15) is 4.79 Å². The fraction of sp³-hybridized carbons (Fsp3) is 0.304. The number of nitrogens with zero attached hydrogens (tertiary/aromatic N) is 3. The molecule has 1 fully saturated rings. The van der Waals surface area contributed by atoms with Gasteiger partial charge in [0.25, 0.3) is 5.91 Å². The molecule has 2 aromatic carbocycles. The van der Waals surface area contributed by atoms with Crippen molar-refractivity contribution in [1.29, 1.82) is 0 Å². The van der Waals surface area contributed by atoms with E-state index < -0.39 is 0 Å². The lowest BCUT2D eigenvalue weighted by Crippen LogP contribution is -2.30. The normalized spacial score (nSPS) is 16.1. The van der Waals surface area contributed by atoms with E-state index in [-0.39, 0.29) is 11.9 Å². The van der Waals surface area contributed by atoms with Crippen LogP contribution in [0.4, 0.5) is 0 Å². The molecule has 1 aromatic heterocycles. The van der Waals surface area contributed by atoms with Crippen LogP contribution in [0.3, 0.4) is 0 Å². The van der Waals surface area contributed by atoms with Crippen molar-refractivity contribution in [1.82, 2.24) is 14.7 Å². The van der Waals surface area contributed by atoms with E-state index in [1.54, 1.807) is 20.4 Å². The lowest BCUT2D eigenvalue weighted by molar-refractivity contribution is 0.0734. The molecule has 6 nitrogen and oxygen atoms in total. The molecule has 2 heterocycles. The van der Waals surface area contributed by atoms with Gasteiger partial charge in [-0.05, 0) is 62.2 Å². The van der Waals surface area contributed by atoms with Crippen molar-refractivity contribution >= 4 is 5.91 Å². The van der Waals surface area contributed by atoms with Crippen LogP contribution in [0.1, 0.15) is 40.5 Å². The minimum atomic E-state index is -0.00334. The van der Waals surface area contributed by atoms with Gasteiger partial charge >= 0.3 is 0 Å². The van der Waals surface area contributed by atoms with Gasteiger partial charge < -0.3 is 14.4 Å². The minimum absolute atomic E-state index is 0.00334. The molecule has 1 aliphatic rings. The van der Waals surface area contributed by atoms with Crippen LogP contribution in [0.5, 0.6) is 11.5 Å². The summed E-state index contributed by atoms with van der Waals surface area (Å²) in [4.78, 5) is 15.2. The van der Waals surface area contributed by atoms with Crippen LogP contribution >= 0.6 is 0 Å². The molecule has 1 atom stereocenters. The molecule has 6 heteroatoms. The Morgan fingerprint density at radius 3 is 2.52 bits per heavy atom. The molecule has 0 radical (unpaired) electrons. The maximum Gasteiger partial charge on any atom is 0.254 e. The minimum Gasteiger partial charge on any atom is -0.497 e. The monoisotopic (exact) mass is 391 g/mol. The summed E-state index contributed by atoms with van der Waals surface area (Å²) in [6.45, 7) is 2.74. The van der Waals surface area contributed by atoms with Crippen molar-refractivity contribution in [3.8, 4) is 17.2 Å². The first kappa shape index (κ1) is 19.1. The van der Waals surface area contributed by atoms with Gasteiger partial charge in [0.05, 0.1) is 25.9 Å². The second-order valence-corrected chi connectivity index (χ2v) is 7.20. The third-order valence-electron chi connectivity index (χ3n) is 5.50. The molecule has 0 bridgehead atoms. The molecule has 29 heavy (non-hydrogen) atoms. The van der Waals surface area contributed by atoms with E-state index in [1.807, 2.05) is 65.0 Å². The molecule has 1 amide bonds. The molecule has 0 unspecified atom stereocenters. The number of aryl methyl sites for hydroxylation is 1. The molecule has 1 aliphatic heterocycles. The summed E-state index contributed by atoms with van der Waals surface area (Å²) in [5.41, 5.74) is 3.69. The highest BCUT2D eigenvalue weighted by Gasteiger charge is 2.32. The number of methoxy groups -OCH3 is 2. The van der Waals surface area contributed by atoms with Crippen molar-refractivity contribution < 1.29 is 14.3 Å². The zero-order valence-electron chi connectivity index (χ0n) is 17.0. The predicted molar refractivity (Wildman–Crippen MR) is 111 cm³/mol. The summed E-state index contributed by atoms with van der Waals surface area (Å²) in [5.74, 6) is 1.53. The van der Waals surface area contributed by atoms with Gasteiger partial charge in [0.2, 0.25) is 0 Å². The average molecular weight is 391 g/mol. The van der Waals surface area contributed by atoms with Crippen molar-refractivity contribution in [2.24, 2.45) is 0 Å². The van der Waals surface area contributed by atoms with Crippen molar-refractivity contribution in [2.75, 3.05) is 20.8 Å². The lowest BCUT2D eigenvalue weighted by atomic mass is 10.0. The zero-order valence-corrected chi connectivity index (χ0v) is 17.0. The van der Waals surface area contributed by atoms with Crippen molar-refractivity contribution in [3.63, 3.8) is 0 Å². The largest absolute Gasteiger partial charge is 0.497 e. The van der Waals surface area contributed by atoms with Gasteiger partial charge in [-0.3, -0.25) is 4.79 Å². The number of likely N-dealkylation sites (tertiary alicyclic amines) is 1. The molecule has 150 valence electrons. The molecule has 1 saturated heterocycles. The number of benzene rings is 2. The number of carbonyl (C=O) groups excluding carboxylic acids is 1. The first-order valence-electron chi connectivity index (χ1n) is 9.76. The standard InChI is InChI=1S/C23H25N3O3/c1-16-12-13-24-26(16)18-8-6-17(7-9-18)23(27)25-14-4-5-21(25)20-11-10-19(28-2)15-22(20)29-3/h6-13,15,21H,4-5,14H2,1-3H3/t21-/m1/s1. The predicted octanol–water partition coefficient (Wildman–Crippen LogP) is 4.18. The molecule has 0 spiro atoms. The van der Waals surface area contributed by atoms with Gasteiger partial charge in [-0.1, -0.05) is 0 Å². The Bertz CT molecular complexity index is 1010. The highest BCUT2D eigenvalue weighted by atomic mass is 16.5. The Balaban J connectivity index is 1.59. The summed E-state index contributed by atoms with van der Waals surface area (Å²) in [6.07, 6.45) is 3.65. The average Bonchev–Trinajstić information content (AvgIpc) is 3.42. The SMILES string of the molecule is COc1ccc([C@H]2CCCN2C(=O)c2ccc(-n3nccc3C)cc2)c(OC)c1. The van der Waals surface area contributed by atoms with Crippen molar-refractivity contribution in [2.45, 2.75) is 25.8 Å². The molecule has 0 saturated carbocycles. The molecule has 3 aromatic rings. The van der Waals surface area contributed by atoms with Crippen LogP contribution in [0.25, 0.3) is 5.69 Å². The van der Waals surface area contributed by atoms with Crippen LogP contribution in [-0.2, 0) is 0 Å². The van der Waals surface area contributed by atoms with E-state index in [1.165, 1.54) is 0 Å². The summed E-state index contributed by atoms with van der Waals surface area (Å²) in [5, 5.41) is 4.32. The van der Waals surface area contributed by atoms with Gasteiger partial charge in [-0.15, -0.1) is 0 Å². The number of ether oxygens (including phenoxy) is 2. The molecular weight excluding hydrogens is 366 g/mol. The van der Waals surface area contributed by atoms with Gasteiger partial charge in [-0.2, -0.15) is 5.10 Å². The second-order valence-electron chi connectivity index (χ2n) is 7.20. The Labute approximate surface area is 170 Å².